The first-order chi connectivity index (χ1) is 15.7. The second-order valence-electron chi connectivity index (χ2n) is 7.60. The molecule has 156 valence electrons. The number of allylic oxidation sites excluding steroid dienone is 10. The van der Waals surface area contributed by atoms with Gasteiger partial charge in [0, 0.05) is 17.7 Å². The third-order valence-corrected chi connectivity index (χ3v) is 5.31. The van der Waals surface area contributed by atoms with Crippen molar-refractivity contribution in [3.8, 4) is 6.07 Å². The maximum Gasteiger partial charge on any atom is 0.199 e. The minimum atomic E-state index is 0.515. The fraction of sp³-hybridized carbons (Fsp3) is 0.103. The molecule has 0 N–H and O–H groups in total. The average Bonchev–Trinajstić information content (AvgIpc) is 2.87. The standard InChI is InChI=1S/C29H25N2O/c1-31(20-8-19-30)27-16-13-23(14-17-27)15-18-28-21-26(24-9-4-2-5-10-24)22-29(32-28)25-11-6-3-7-12-25/h2-7,9-18,21-22H,8,20H2,1H3/q+1/b23-15?,28-18+,31-27?. The van der Waals surface area contributed by atoms with Crippen LogP contribution < -0.4 is 0 Å². The molecule has 0 fully saturated rings. The summed E-state index contributed by atoms with van der Waals surface area (Å²) in [5, 5.41) is 8.77. The molecule has 4 rings (SSSR count). The molecule has 3 nitrogen and oxygen atoms in total. The molecule has 0 aromatic heterocycles. The van der Waals surface area contributed by atoms with Gasteiger partial charge in [0.1, 0.15) is 18.6 Å². The van der Waals surface area contributed by atoms with E-state index < -0.39 is 0 Å². The Morgan fingerprint density at radius 3 is 2.16 bits per heavy atom. The number of ether oxygens (including phenoxy) is 1. The van der Waals surface area contributed by atoms with E-state index in [4.69, 9.17) is 10.00 Å². The lowest BCUT2D eigenvalue weighted by molar-refractivity contribution is -0.494. The van der Waals surface area contributed by atoms with Crippen LogP contribution in [0.4, 0.5) is 0 Å². The van der Waals surface area contributed by atoms with Gasteiger partial charge in [0.15, 0.2) is 12.3 Å². The minimum Gasteiger partial charge on any atom is -0.457 e. The quantitative estimate of drug-likeness (QED) is 0.553. The van der Waals surface area contributed by atoms with Crippen LogP contribution in [0.25, 0.3) is 11.3 Å². The van der Waals surface area contributed by atoms with Crippen LogP contribution in [0, 0.1) is 11.3 Å². The molecule has 0 saturated carbocycles. The van der Waals surface area contributed by atoms with Gasteiger partial charge in [0.05, 0.1) is 12.5 Å². The molecule has 32 heavy (non-hydrogen) atoms. The van der Waals surface area contributed by atoms with E-state index >= 15 is 0 Å². The lowest BCUT2D eigenvalue weighted by Crippen LogP contribution is -2.16. The monoisotopic (exact) mass is 417 g/mol. The van der Waals surface area contributed by atoms with Crippen molar-refractivity contribution in [1.29, 1.82) is 5.26 Å². The number of hydrogen-bond acceptors (Lipinski definition) is 2. The minimum absolute atomic E-state index is 0.515. The van der Waals surface area contributed by atoms with Crippen LogP contribution in [0.5, 0.6) is 0 Å². The van der Waals surface area contributed by atoms with Gasteiger partial charge >= 0.3 is 0 Å². The van der Waals surface area contributed by atoms with Gasteiger partial charge in [-0.3, -0.25) is 0 Å². The number of hydrogen-bond donors (Lipinski definition) is 0. The SMILES string of the molecule is C[N+](CCC#N)=C1C=CC(=C/C=C2\C=C(c3ccccc3)C=C(c3ccccc3)O2)C=C1. The predicted octanol–water partition coefficient (Wildman–Crippen LogP) is 6.07. The Hall–Kier alpha value is -4.16. The van der Waals surface area contributed by atoms with Gasteiger partial charge in [-0.05, 0) is 47.1 Å². The number of rotatable bonds is 5. The molecule has 0 radical (unpaired) electrons. The second kappa shape index (κ2) is 10.2. The molecule has 1 heterocycles. The summed E-state index contributed by atoms with van der Waals surface area (Å²) in [5.41, 5.74) is 5.50. The summed E-state index contributed by atoms with van der Waals surface area (Å²) in [4.78, 5) is 0. The van der Waals surface area contributed by atoms with E-state index in [-0.39, 0.29) is 0 Å². The molecule has 0 amide bonds. The lowest BCUT2D eigenvalue weighted by atomic mass is 10.0. The van der Waals surface area contributed by atoms with Crippen LogP contribution in [0.2, 0.25) is 0 Å². The predicted molar refractivity (Wildman–Crippen MR) is 131 cm³/mol. The van der Waals surface area contributed by atoms with Crippen molar-refractivity contribution in [2.45, 2.75) is 6.42 Å². The molecule has 0 unspecified atom stereocenters. The van der Waals surface area contributed by atoms with E-state index in [2.05, 4.69) is 77.4 Å². The van der Waals surface area contributed by atoms with Gasteiger partial charge < -0.3 is 4.74 Å². The number of benzene rings is 2. The molecule has 2 aliphatic rings. The van der Waals surface area contributed by atoms with Crippen molar-refractivity contribution in [2.24, 2.45) is 0 Å². The van der Waals surface area contributed by atoms with E-state index in [0.29, 0.717) is 6.42 Å². The highest BCUT2D eigenvalue weighted by Gasteiger charge is 2.14. The zero-order chi connectivity index (χ0) is 22.2. The summed E-state index contributed by atoms with van der Waals surface area (Å²) in [7, 11) is 2.00. The number of nitriles is 1. The highest BCUT2D eigenvalue weighted by atomic mass is 16.5. The molecule has 1 aliphatic heterocycles. The Labute approximate surface area is 189 Å². The first-order valence-electron chi connectivity index (χ1n) is 10.7. The molecule has 0 bridgehead atoms. The van der Waals surface area contributed by atoms with Crippen molar-refractivity contribution >= 4 is 17.0 Å². The average molecular weight is 418 g/mol. The normalized spacial score (nSPS) is 16.2. The maximum atomic E-state index is 8.77. The molecule has 3 heteroatoms. The van der Waals surface area contributed by atoms with Crippen LogP contribution in [-0.2, 0) is 4.74 Å². The first kappa shape index (κ1) is 21.1. The van der Waals surface area contributed by atoms with Crippen molar-refractivity contribution in [3.05, 3.63) is 132 Å². The van der Waals surface area contributed by atoms with Crippen molar-refractivity contribution in [2.75, 3.05) is 13.6 Å². The van der Waals surface area contributed by atoms with Crippen molar-refractivity contribution in [1.82, 2.24) is 0 Å². The molecule has 2 aromatic carbocycles. The van der Waals surface area contributed by atoms with Crippen LogP contribution in [-0.4, -0.2) is 23.9 Å². The summed E-state index contributed by atoms with van der Waals surface area (Å²) in [6, 6.07) is 22.7. The fourth-order valence-corrected chi connectivity index (χ4v) is 3.51. The molecule has 0 spiro atoms. The lowest BCUT2D eigenvalue weighted by Gasteiger charge is -2.18. The molecule has 2 aromatic rings. The second-order valence-corrected chi connectivity index (χ2v) is 7.60. The number of nitrogens with zero attached hydrogens (tertiary/aromatic N) is 2. The van der Waals surface area contributed by atoms with E-state index in [1.165, 1.54) is 0 Å². The van der Waals surface area contributed by atoms with Gasteiger partial charge in [0.2, 0.25) is 0 Å². The summed E-state index contributed by atoms with van der Waals surface area (Å²) >= 11 is 0. The topological polar surface area (TPSA) is 36.0 Å². The summed E-state index contributed by atoms with van der Waals surface area (Å²) in [5.74, 6) is 1.63. The Morgan fingerprint density at radius 2 is 1.50 bits per heavy atom. The Morgan fingerprint density at radius 1 is 0.844 bits per heavy atom. The maximum absolute atomic E-state index is 8.77. The summed E-state index contributed by atoms with van der Waals surface area (Å²) in [6.45, 7) is 0.721. The van der Waals surface area contributed by atoms with Crippen molar-refractivity contribution < 1.29 is 9.31 Å². The van der Waals surface area contributed by atoms with Crippen LogP contribution >= 0.6 is 0 Å². The van der Waals surface area contributed by atoms with E-state index in [1.54, 1.807) is 0 Å². The van der Waals surface area contributed by atoms with Crippen LogP contribution in [0.3, 0.4) is 0 Å². The zero-order valence-electron chi connectivity index (χ0n) is 18.1. The van der Waals surface area contributed by atoms with Crippen molar-refractivity contribution in [3.63, 3.8) is 0 Å². The van der Waals surface area contributed by atoms with E-state index in [1.807, 2.05) is 49.5 Å². The summed E-state index contributed by atoms with van der Waals surface area (Å²) < 4.78 is 8.31. The molecule has 1 aliphatic carbocycles. The first-order valence-corrected chi connectivity index (χ1v) is 10.7. The Bertz CT molecular complexity index is 1210. The highest BCUT2D eigenvalue weighted by molar-refractivity contribution is 6.02. The fourth-order valence-electron chi connectivity index (χ4n) is 3.51. The van der Waals surface area contributed by atoms with Crippen LogP contribution in [0.1, 0.15) is 17.5 Å². The molecular formula is C29H25N2O+. The molecule has 0 saturated heterocycles. The molecular weight excluding hydrogens is 392 g/mol. The Kier molecular flexibility index (Phi) is 6.75. The van der Waals surface area contributed by atoms with Crippen LogP contribution in [0.15, 0.2) is 121 Å². The highest BCUT2D eigenvalue weighted by Crippen LogP contribution is 2.31. The third-order valence-electron chi connectivity index (χ3n) is 5.31. The van der Waals surface area contributed by atoms with Gasteiger partial charge in [-0.15, -0.1) is 0 Å². The third kappa shape index (κ3) is 5.30. The smallest absolute Gasteiger partial charge is 0.199 e. The Balaban J connectivity index is 1.60. The van der Waals surface area contributed by atoms with Gasteiger partial charge in [0.25, 0.3) is 0 Å². The van der Waals surface area contributed by atoms with E-state index in [0.717, 1.165) is 46.0 Å². The molecule has 0 atom stereocenters. The largest absolute Gasteiger partial charge is 0.457 e. The van der Waals surface area contributed by atoms with Gasteiger partial charge in [-0.2, -0.15) is 5.26 Å². The van der Waals surface area contributed by atoms with Gasteiger partial charge in [-0.25, -0.2) is 4.58 Å². The van der Waals surface area contributed by atoms with E-state index in [9.17, 15) is 0 Å². The summed E-state index contributed by atoms with van der Waals surface area (Å²) in [6.07, 6.45) is 17.0. The van der Waals surface area contributed by atoms with Gasteiger partial charge in [-0.1, -0.05) is 66.7 Å². The zero-order valence-corrected chi connectivity index (χ0v) is 18.1.